The summed E-state index contributed by atoms with van der Waals surface area (Å²) in [6.45, 7) is 0.276. The second-order valence-electron chi connectivity index (χ2n) is 9.04. The van der Waals surface area contributed by atoms with E-state index in [4.69, 9.17) is 0 Å². The van der Waals surface area contributed by atoms with Crippen molar-refractivity contribution >= 4 is 17.5 Å². The molecule has 4 saturated carbocycles. The van der Waals surface area contributed by atoms with Crippen molar-refractivity contribution in [2.45, 2.75) is 50.5 Å². The van der Waals surface area contributed by atoms with Crippen molar-refractivity contribution in [1.29, 1.82) is 0 Å². The van der Waals surface area contributed by atoms with Gasteiger partial charge in [-0.15, -0.1) is 0 Å². The van der Waals surface area contributed by atoms with Gasteiger partial charge in [-0.25, -0.2) is 4.39 Å². The first-order chi connectivity index (χ1) is 12.5. The summed E-state index contributed by atoms with van der Waals surface area (Å²) in [6.07, 6.45) is 7.47. The standard InChI is InChI=1S/C21H25FN2O2/c22-17-3-1-2-4-18(17)24-12-16(8-19(24)25)20(26)23-21-9-13-5-14(10-21)7-15(6-13)11-21/h1-4,13-16H,5-12H2,(H,23,26)/t13?,14?,15?,16-,21?/m1/s1. The number of hydrogen-bond acceptors (Lipinski definition) is 2. The molecule has 0 radical (unpaired) electrons. The highest BCUT2D eigenvalue weighted by molar-refractivity contribution is 6.00. The molecule has 138 valence electrons. The average Bonchev–Trinajstić information content (AvgIpc) is 2.95. The number of carbonyl (C=O) groups excluding carboxylic acids is 2. The van der Waals surface area contributed by atoms with E-state index < -0.39 is 5.82 Å². The molecule has 4 aliphatic carbocycles. The lowest BCUT2D eigenvalue weighted by molar-refractivity contribution is -0.131. The summed E-state index contributed by atoms with van der Waals surface area (Å²) >= 11 is 0. The summed E-state index contributed by atoms with van der Waals surface area (Å²) < 4.78 is 14.0. The van der Waals surface area contributed by atoms with E-state index in [1.165, 1.54) is 30.2 Å². The first-order valence-electron chi connectivity index (χ1n) is 9.88. The number of carbonyl (C=O) groups is 2. The van der Waals surface area contributed by atoms with Crippen LogP contribution in [0.5, 0.6) is 0 Å². The summed E-state index contributed by atoms with van der Waals surface area (Å²) in [5.41, 5.74) is 0.239. The highest BCUT2D eigenvalue weighted by atomic mass is 19.1. The van der Waals surface area contributed by atoms with Gasteiger partial charge in [0.15, 0.2) is 0 Å². The summed E-state index contributed by atoms with van der Waals surface area (Å²) in [5, 5.41) is 3.36. The van der Waals surface area contributed by atoms with Gasteiger partial charge in [-0.05, 0) is 68.4 Å². The van der Waals surface area contributed by atoms with Crippen LogP contribution in [0.2, 0.25) is 0 Å². The summed E-state index contributed by atoms with van der Waals surface area (Å²) in [6, 6.07) is 6.28. The number of amides is 2. The van der Waals surface area contributed by atoms with Gasteiger partial charge in [0, 0.05) is 18.5 Å². The van der Waals surface area contributed by atoms with E-state index in [2.05, 4.69) is 5.32 Å². The number of rotatable bonds is 3. The van der Waals surface area contributed by atoms with Gasteiger partial charge in [0.05, 0.1) is 11.6 Å². The maximum Gasteiger partial charge on any atom is 0.227 e. The van der Waals surface area contributed by atoms with Crippen LogP contribution in [0.4, 0.5) is 10.1 Å². The molecule has 4 nitrogen and oxygen atoms in total. The van der Waals surface area contributed by atoms with Gasteiger partial charge >= 0.3 is 0 Å². The van der Waals surface area contributed by atoms with Crippen molar-refractivity contribution in [2.24, 2.45) is 23.7 Å². The molecule has 1 N–H and O–H groups in total. The molecule has 2 amide bonds. The molecule has 5 aliphatic rings. The number of nitrogens with one attached hydrogen (secondary N) is 1. The highest BCUT2D eigenvalue weighted by Crippen LogP contribution is 2.55. The number of halogens is 1. The number of nitrogens with zero attached hydrogens (tertiary/aromatic N) is 1. The zero-order valence-corrected chi connectivity index (χ0v) is 14.9. The van der Waals surface area contributed by atoms with Gasteiger partial charge in [0.25, 0.3) is 0 Å². The molecule has 0 spiro atoms. The van der Waals surface area contributed by atoms with Gasteiger partial charge in [0.2, 0.25) is 11.8 Å². The van der Waals surface area contributed by atoms with Crippen LogP contribution in [0, 0.1) is 29.5 Å². The SMILES string of the molecule is O=C(NC12CC3CC(CC(C3)C1)C2)[C@@H]1CC(=O)N(c2ccccc2F)C1. The van der Waals surface area contributed by atoms with Crippen molar-refractivity contribution in [1.82, 2.24) is 5.32 Å². The monoisotopic (exact) mass is 356 g/mol. The lowest BCUT2D eigenvalue weighted by Crippen LogP contribution is -2.60. The Morgan fingerprint density at radius 3 is 2.31 bits per heavy atom. The molecule has 0 unspecified atom stereocenters. The molecule has 6 rings (SSSR count). The van der Waals surface area contributed by atoms with Crippen LogP contribution < -0.4 is 10.2 Å². The molecule has 0 aromatic heterocycles. The predicted molar refractivity (Wildman–Crippen MR) is 95.9 cm³/mol. The molecular weight excluding hydrogens is 331 g/mol. The van der Waals surface area contributed by atoms with E-state index in [-0.39, 0.29) is 41.9 Å². The Bertz CT molecular complexity index is 727. The largest absolute Gasteiger partial charge is 0.350 e. The molecule has 26 heavy (non-hydrogen) atoms. The van der Waals surface area contributed by atoms with Crippen molar-refractivity contribution in [3.05, 3.63) is 30.1 Å². The predicted octanol–water partition coefficient (Wildman–Crippen LogP) is 3.26. The quantitative estimate of drug-likeness (QED) is 0.904. The topological polar surface area (TPSA) is 49.4 Å². The fourth-order valence-corrected chi connectivity index (χ4v) is 6.41. The summed E-state index contributed by atoms with van der Waals surface area (Å²) in [4.78, 5) is 26.8. The van der Waals surface area contributed by atoms with Crippen LogP contribution in [0.3, 0.4) is 0 Å². The van der Waals surface area contributed by atoms with Gasteiger partial charge in [0.1, 0.15) is 5.82 Å². The molecule has 1 atom stereocenters. The zero-order chi connectivity index (χ0) is 17.9. The van der Waals surface area contributed by atoms with Crippen LogP contribution in [0.1, 0.15) is 44.9 Å². The summed E-state index contributed by atoms with van der Waals surface area (Å²) in [7, 11) is 0. The molecule has 5 heteroatoms. The molecular formula is C21H25FN2O2. The van der Waals surface area contributed by atoms with Crippen LogP contribution >= 0.6 is 0 Å². The molecule has 1 aliphatic heterocycles. The van der Waals surface area contributed by atoms with E-state index in [0.717, 1.165) is 37.0 Å². The minimum atomic E-state index is -0.414. The molecule has 5 fully saturated rings. The minimum Gasteiger partial charge on any atom is -0.350 e. The van der Waals surface area contributed by atoms with E-state index in [1.54, 1.807) is 18.2 Å². The minimum absolute atomic E-state index is 0.0147. The van der Waals surface area contributed by atoms with Crippen LogP contribution in [-0.4, -0.2) is 23.9 Å². The van der Waals surface area contributed by atoms with Crippen LogP contribution in [0.25, 0.3) is 0 Å². The first-order valence-corrected chi connectivity index (χ1v) is 9.88. The lowest BCUT2D eigenvalue weighted by Gasteiger charge is -2.57. The Morgan fingerprint density at radius 1 is 1.08 bits per heavy atom. The lowest BCUT2D eigenvalue weighted by atomic mass is 9.53. The van der Waals surface area contributed by atoms with Gasteiger partial charge in [-0.2, -0.15) is 0 Å². The second-order valence-corrected chi connectivity index (χ2v) is 9.04. The van der Waals surface area contributed by atoms with Gasteiger partial charge in [-0.3, -0.25) is 9.59 Å². The molecule has 1 saturated heterocycles. The highest BCUT2D eigenvalue weighted by Gasteiger charge is 2.52. The van der Waals surface area contributed by atoms with E-state index >= 15 is 0 Å². The molecule has 1 aromatic carbocycles. The van der Waals surface area contributed by atoms with E-state index in [9.17, 15) is 14.0 Å². The molecule has 4 bridgehead atoms. The number of benzene rings is 1. The maximum absolute atomic E-state index is 14.0. The fraction of sp³-hybridized carbons (Fsp3) is 0.619. The summed E-state index contributed by atoms with van der Waals surface area (Å²) in [5.74, 6) is 1.32. The maximum atomic E-state index is 14.0. The van der Waals surface area contributed by atoms with E-state index in [0.29, 0.717) is 0 Å². The third-order valence-electron chi connectivity index (χ3n) is 7.07. The van der Waals surface area contributed by atoms with Gasteiger partial charge in [-0.1, -0.05) is 12.1 Å². The Hall–Kier alpha value is -1.91. The zero-order valence-electron chi connectivity index (χ0n) is 14.9. The third kappa shape index (κ3) is 2.63. The van der Waals surface area contributed by atoms with Crippen molar-refractivity contribution in [3.8, 4) is 0 Å². The normalized spacial score (nSPS) is 38.0. The Labute approximate surface area is 153 Å². The van der Waals surface area contributed by atoms with Crippen LogP contribution in [-0.2, 0) is 9.59 Å². The molecule has 1 heterocycles. The third-order valence-corrected chi connectivity index (χ3v) is 7.07. The average molecular weight is 356 g/mol. The second kappa shape index (κ2) is 5.80. The van der Waals surface area contributed by atoms with Crippen molar-refractivity contribution < 1.29 is 14.0 Å². The van der Waals surface area contributed by atoms with Crippen molar-refractivity contribution in [3.63, 3.8) is 0 Å². The first kappa shape index (κ1) is 16.3. The fourth-order valence-electron chi connectivity index (χ4n) is 6.41. The number of anilines is 1. The van der Waals surface area contributed by atoms with Crippen LogP contribution in [0.15, 0.2) is 24.3 Å². The van der Waals surface area contributed by atoms with Gasteiger partial charge < -0.3 is 10.2 Å². The van der Waals surface area contributed by atoms with Crippen molar-refractivity contribution in [2.75, 3.05) is 11.4 Å². The Morgan fingerprint density at radius 2 is 1.69 bits per heavy atom. The number of para-hydroxylation sites is 1. The Balaban J connectivity index is 1.30. The molecule has 1 aromatic rings. The van der Waals surface area contributed by atoms with E-state index in [1.807, 2.05) is 0 Å². The Kier molecular flexibility index (Phi) is 3.63. The smallest absolute Gasteiger partial charge is 0.227 e. The number of hydrogen-bond donors (Lipinski definition) is 1.